The fourth-order valence-corrected chi connectivity index (χ4v) is 10.7. The van der Waals surface area contributed by atoms with E-state index in [1.165, 1.54) is 105 Å². The molecule has 0 radical (unpaired) electrons. The van der Waals surface area contributed by atoms with Crippen molar-refractivity contribution in [2.75, 3.05) is 39.5 Å². The van der Waals surface area contributed by atoms with Gasteiger partial charge >= 0.3 is 12.0 Å². The molecule has 0 aliphatic heterocycles. The van der Waals surface area contributed by atoms with Gasteiger partial charge in [0.25, 0.3) is 10.0 Å². The fourth-order valence-electron chi connectivity index (χ4n) is 8.79. The normalized spacial score (nSPS) is 13.1. The maximum absolute atomic E-state index is 12.9. The lowest BCUT2D eigenvalue weighted by atomic mass is 9.96. The molecule has 6 aromatic rings. The second-order valence-electron chi connectivity index (χ2n) is 21.3. The molecule has 0 spiro atoms. The number of urea groups is 1. The summed E-state index contributed by atoms with van der Waals surface area (Å²) in [5.41, 5.74) is 16.0. The Kier molecular flexibility index (Phi) is 38.6. The first-order valence-corrected chi connectivity index (χ1v) is 34.2. The SMILES string of the molecule is C.NC1CCCCC1.NCCc1ccc(S(N)(=O)=O)cc1.NS(=O)(=O)c1ccc(CCNC(=O)COCc2ccc(F)cc2)cc1.O.O=C(COCc1ccc(F)cc1)NCCc1ccc(S(=O)(=O)NC(=O)NC2CCCCC2)cc1.O=C(O)COCc1ccc(F)cc1. The third kappa shape index (κ3) is 35.6. The number of amides is 4. The summed E-state index contributed by atoms with van der Waals surface area (Å²) < 4.78 is 124. The van der Waals surface area contributed by atoms with Crippen molar-refractivity contribution in [1.29, 1.82) is 0 Å². The summed E-state index contributed by atoms with van der Waals surface area (Å²) in [7, 11) is -11.2. The van der Waals surface area contributed by atoms with Crippen molar-refractivity contribution in [3.63, 3.8) is 0 Å². The van der Waals surface area contributed by atoms with E-state index in [1.54, 1.807) is 72.8 Å². The van der Waals surface area contributed by atoms with Crippen molar-refractivity contribution in [2.45, 2.75) is 137 Å². The topological polar surface area (TPSA) is 402 Å². The molecular weight excluding hydrogens is 1290 g/mol. The van der Waals surface area contributed by atoms with Gasteiger partial charge in [0.15, 0.2) is 0 Å². The lowest BCUT2D eigenvalue weighted by Crippen LogP contribution is -2.45. The van der Waals surface area contributed by atoms with Crippen LogP contribution in [0.2, 0.25) is 0 Å². The van der Waals surface area contributed by atoms with Crippen LogP contribution < -0.4 is 42.4 Å². The highest BCUT2D eigenvalue weighted by atomic mass is 32.2. The van der Waals surface area contributed by atoms with Crippen LogP contribution in [0, 0.1) is 17.5 Å². The first kappa shape index (κ1) is 82.4. The molecule has 2 aliphatic rings. The number of aliphatic carboxylic acids is 1. The van der Waals surface area contributed by atoms with Gasteiger partial charge in [0, 0.05) is 25.2 Å². The van der Waals surface area contributed by atoms with Crippen molar-refractivity contribution in [3.8, 4) is 0 Å². The minimum absolute atomic E-state index is 0. The number of carbonyl (C=O) groups is 4. The van der Waals surface area contributed by atoms with Crippen molar-refractivity contribution in [3.05, 3.63) is 196 Å². The highest BCUT2D eigenvalue weighted by Gasteiger charge is 2.21. The van der Waals surface area contributed by atoms with Crippen molar-refractivity contribution in [2.24, 2.45) is 21.7 Å². The van der Waals surface area contributed by atoms with Gasteiger partial charge in [-0.2, -0.15) is 0 Å². The van der Waals surface area contributed by atoms with E-state index >= 15 is 0 Å². The number of carboxylic acid groups (broad SMARTS) is 1. The highest BCUT2D eigenvalue weighted by molar-refractivity contribution is 7.90. The van der Waals surface area contributed by atoms with Crippen LogP contribution in [-0.4, -0.2) is 111 Å². The van der Waals surface area contributed by atoms with E-state index in [0.29, 0.717) is 38.5 Å². The first-order chi connectivity index (χ1) is 43.8. The molecule has 0 bridgehead atoms. The van der Waals surface area contributed by atoms with Crippen LogP contribution in [0.4, 0.5) is 18.0 Å². The van der Waals surface area contributed by atoms with Gasteiger partial charge in [-0.05, 0) is 158 Å². The summed E-state index contributed by atoms with van der Waals surface area (Å²) in [6.07, 6.45) is 13.4. The number of nitrogens with one attached hydrogen (secondary N) is 4. The molecular formula is C65H89F3N8O15S3. The Morgan fingerprint density at radius 3 is 1.11 bits per heavy atom. The van der Waals surface area contributed by atoms with Crippen molar-refractivity contribution in [1.82, 2.24) is 20.7 Å². The number of primary sulfonamides is 2. The third-order valence-corrected chi connectivity index (χ3v) is 16.9. The Hall–Kier alpha value is -7.68. The standard InChI is InChI=1S/C24H30FN3O5S.C17H19FN2O4S.C9H9FO3.C8H12N2O2S.C6H13N.CH4.H2O/c25-20-10-6-19(7-11-20)16-33-17-23(29)26-15-14-18-8-12-22(13-9-18)34(31,32)28-24(30)27-21-4-2-1-3-5-21;18-15-5-1-14(2-6-15)11-24-12-17(21)20-10-9-13-3-7-16(8-4-13)25(19,22)23;10-8-3-1-7(2-4-8)5-13-6-9(11)12;9-6-5-7-1-3-8(4-2-7)13(10,11)12;7-6-4-2-1-3-5-6;;/h6-13,21H,1-5,14-17H2,(H,26,29)(H2,27,28,30);1-8H,9-12H2,(H,20,21)(H2,19,22,23);1-4H,5-6H2,(H,11,12);1-4H,5-6,9H2,(H2,10,11,12);6H,1-5,7H2;1H4;1H2. The second-order valence-corrected chi connectivity index (χ2v) is 26.1. The Balaban J connectivity index is 0.000000436. The fraction of sp³-hybridized carbons (Fsp3) is 0.385. The molecule has 8 rings (SSSR count). The van der Waals surface area contributed by atoms with Crippen LogP contribution in [0.3, 0.4) is 0 Å². The zero-order valence-electron chi connectivity index (χ0n) is 51.5. The number of carbonyl (C=O) groups excluding carboxylic acids is 3. The number of ether oxygens (including phenoxy) is 3. The van der Waals surface area contributed by atoms with Gasteiger partial charge < -0.3 is 52.2 Å². The molecule has 4 amide bonds. The van der Waals surface area contributed by atoms with Crippen LogP contribution in [0.5, 0.6) is 0 Å². The van der Waals surface area contributed by atoms with Gasteiger partial charge in [-0.15, -0.1) is 0 Å². The molecule has 29 heteroatoms. The van der Waals surface area contributed by atoms with E-state index in [1.807, 2.05) is 0 Å². The first-order valence-electron chi connectivity index (χ1n) is 29.6. The number of rotatable bonds is 25. The average Bonchev–Trinajstić information content (AvgIpc) is 0.880. The molecule has 2 aliphatic carbocycles. The Bertz CT molecular complexity index is 3520. The molecule has 0 aromatic heterocycles. The van der Waals surface area contributed by atoms with Crippen LogP contribution in [0.1, 0.15) is 105 Å². The Labute approximate surface area is 549 Å². The van der Waals surface area contributed by atoms with E-state index in [0.717, 1.165) is 71.9 Å². The van der Waals surface area contributed by atoms with Crippen molar-refractivity contribution >= 4 is 53.9 Å². The maximum atomic E-state index is 12.9. The van der Waals surface area contributed by atoms with E-state index in [2.05, 4.69) is 20.7 Å². The maximum Gasteiger partial charge on any atom is 0.329 e. The molecule has 23 nitrogen and oxygen atoms in total. The quantitative estimate of drug-likeness (QED) is 0.0287. The number of hydrogen-bond donors (Lipinski definition) is 9. The molecule has 94 heavy (non-hydrogen) atoms. The molecule has 518 valence electrons. The average molecular weight is 1380 g/mol. The minimum Gasteiger partial charge on any atom is -0.480 e. The van der Waals surface area contributed by atoms with E-state index in [4.69, 9.17) is 41.1 Å². The van der Waals surface area contributed by atoms with Gasteiger partial charge in [-0.1, -0.05) is 119 Å². The Morgan fingerprint density at radius 1 is 0.468 bits per heavy atom. The molecule has 2 saturated carbocycles. The largest absolute Gasteiger partial charge is 0.480 e. The van der Waals surface area contributed by atoms with Crippen LogP contribution >= 0.6 is 0 Å². The number of sulfonamides is 3. The summed E-state index contributed by atoms with van der Waals surface area (Å²) in [5.74, 6) is -2.52. The third-order valence-electron chi connectivity index (χ3n) is 13.7. The van der Waals surface area contributed by atoms with Gasteiger partial charge in [-0.25, -0.2) is 63.0 Å². The molecule has 0 saturated heterocycles. The summed E-state index contributed by atoms with van der Waals surface area (Å²) in [5, 5.41) is 26.4. The zero-order chi connectivity index (χ0) is 67.4. The number of hydrogen-bond acceptors (Lipinski definition) is 15. The summed E-state index contributed by atoms with van der Waals surface area (Å²) in [6.45, 7) is 1.36. The molecule has 0 unspecified atom stereocenters. The van der Waals surface area contributed by atoms with Gasteiger partial charge in [0.05, 0.1) is 34.5 Å². The van der Waals surface area contributed by atoms with Gasteiger partial charge in [-0.3, -0.25) is 9.59 Å². The zero-order valence-corrected chi connectivity index (χ0v) is 53.9. The van der Waals surface area contributed by atoms with Gasteiger partial charge in [0.2, 0.25) is 31.9 Å². The monoisotopic (exact) mass is 1370 g/mol. The van der Waals surface area contributed by atoms with E-state index in [-0.39, 0.29) is 103 Å². The van der Waals surface area contributed by atoms with E-state index < -0.39 is 42.1 Å². The number of halogens is 3. The highest BCUT2D eigenvalue weighted by Crippen LogP contribution is 2.19. The lowest BCUT2D eigenvalue weighted by Gasteiger charge is -2.22. The molecule has 2 fully saturated rings. The lowest BCUT2D eigenvalue weighted by molar-refractivity contribution is -0.142. The Morgan fingerprint density at radius 2 is 0.787 bits per heavy atom. The van der Waals surface area contributed by atoms with E-state index in [9.17, 15) is 57.6 Å². The predicted octanol–water partition coefficient (Wildman–Crippen LogP) is 6.72. The van der Waals surface area contributed by atoms with Crippen LogP contribution in [0.15, 0.2) is 160 Å². The van der Waals surface area contributed by atoms with Crippen LogP contribution in [-0.2, 0) is 97.7 Å². The summed E-state index contributed by atoms with van der Waals surface area (Å²) in [4.78, 5) is 45.9. The smallest absolute Gasteiger partial charge is 0.329 e. The number of benzene rings is 6. The second kappa shape index (κ2) is 44.1. The number of nitrogens with two attached hydrogens (primary N) is 4. The minimum atomic E-state index is -3.97. The van der Waals surface area contributed by atoms with Gasteiger partial charge in [0.1, 0.15) is 37.3 Å². The molecule has 6 aromatic carbocycles. The summed E-state index contributed by atoms with van der Waals surface area (Å²) in [6, 6.07) is 36.0. The summed E-state index contributed by atoms with van der Waals surface area (Å²) >= 11 is 0. The van der Waals surface area contributed by atoms with Crippen LogP contribution in [0.25, 0.3) is 0 Å². The number of carboxylic acids is 1. The molecule has 0 heterocycles. The molecule has 15 N–H and O–H groups in total. The van der Waals surface area contributed by atoms with Crippen molar-refractivity contribution < 1.29 is 82.4 Å². The predicted molar refractivity (Wildman–Crippen MR) is 351 cm³/mol. The molecule has 0 atom stereocenters.